The number of aryl methyl sites for hydroxylation is 2. The van der Waals surface area contributed by atoms with Crippen LogP contribution in [0.3, 0.4) is 0 Å². The van der Waals surface area contributed by atoms with Crippen molar-refractivity contribution in [3.05, 3.63) is 34.9 Å². The summed E-state index contributed by atoms with van der Waals surface area (Å²) in [4.78, 5) is 39.0. The normalized spacial score (nSPS) is 27.3. The molecule has 4 amide bonds. The maximum Gasteiger partial charge on any atom is 0.322 e. The van der Waals surface area contributed by atoms with Gasteiger partial charge in [-0.15, -0.1) is 0 Å². The number of benzene rings is 1. The molecule has 1 aliphatic carbocycles. The van der Waals surface area contributed by atoms with Crippen LogP contribution in [0.1, 0.15) is 49.3 Å². The quantitative estimate of drug-likeness (QED) is 0.802. The minimum atomic E-state index is -0.864. The van der Waals surface area contributed by atoms with Crippen molar-refractivity contribution in [2.45, 2.75) is 57.4 Å². The van der Waals surface area contributed by atoms with Crippen LogP contribution in [0.25, 0.3) is 0 Å². The summed E-state index contributed by atoms with van der Waals surface area (Å²) in [5, 5.41) is 5.11. The molecule has 0 aromatic heterocycles. The predicted octanol–water partition coefficient (Wildman–Crippen LogP) is 2.17. The number of rotatable bonds is 3. The van der Waals surface area contributed by atoms with Crippen molar-refractivity contribution in [3.8, 4) is 0 Å². The molecule has 1 atom stereocenters. The number of piperidine rings is 1. The molecule has 2 aliphatic heterocycles. The number of carbonyl (C=O) groups is 3. The van der Waals surface area contributed by atoms with Crippen LogP contribution in [-0.2, 0) is 15.0 Å². The molecular formula is C21H27N3O3. The van der Waals surface area contributed by atoms with E-state index in [9.17, 15) is 14.4 Å². The number of urea groups is 1. The lowest BCUT2D eigenvalue weighted by molar-refractivity contribution is -0.136. The number of hydrogen-bond donors (Lipinski definition) is 2. The Hall–Kier alpha value is -2.37. The molecule has 2 saturated heterocycles. The topological polar surface area (TPSA) is 78.5 Å². The fourth-order valence-corrected chi connectivity index (χ4v) is 4.81. The molecule has 4 rings (SSSR count). The summed E-state index contributed by atoms with van der Waals surface area (Å²) in [6.07, 6.45) is 3.26. The van der Waals surface area contributed by atoms with Crippen LogP contribution in [0.15, 0.2) is 18.2 Å². The van der Waals surface area contributed by atoms with Gasteiger partial charge in [0.1, 0.15) is 5.54 Å². The highest BCUT2D eigenvalue weighted by atomic mass is 16.2. The van der Waals surface area contributed by atoms with Crippen molar-refractivity contribution in [3.63, 3.8) is 0 Å². The zero-order chi connectivity index (χ0) is 19.4. The zero-order valence-corrected chi connectivity index (χ0v) is 16.2. The fourth-order valence-electron chi connectivity index (χ4n) is 4.81. The average molecular weight is 369 g/mol. The van der Waals surface area contributed by atoms with Crippen LogP contribution in [0, 0.1) is 19.8 Å². The average Bonchev–Trinajstić information content (AvgIpc) is 3.37. The zero-order valence-electron chi connectivity index (χ0n) is 16.2. The van der Waals surface area contributed by atoms with E-state index in [4.69, 9.17) is 0 Å². The largest absolute Gasteiger partial charge is 0.342 e. The van der Waals surface area contributed by atoms with Crippen LogP contribution >= 0.6 is 0 Å². The van der Waals surface area contributed by atoms with Crippen LogP contribution < -0.4 is 10.6 Å². The highest BCUT2D eigenvalue weighted by molar-refractivity contribution is 6.07. The molecule has 0 bridgehead atoms. The van der Waals surface area contributed by atoms with E-state index >= 15 is 0 Å². The molecule has 1 aromatic carbocycles. The molecule has 27 heavy (non-hydrogen) atoms. The van der Waals surface area contributed by atoms with E-state index in [0.717, 1.165) is 31.2 Å². The second-order valence-electron chi connectivity index (χ2n) is 8.64. The van der Waals surface area contributed by atoms with Crippen LogP contribution in [0.2, 0.25) is 0 Å². The molecule has 2 heterocycles. The number of imide groups is 1. The third-order valence-electron chi connectivity index (χ3n) is 6.60. The third-order valence-corrected chi connectivity index (χ3v) is 6.60. The lowest BCUT2D eigenvalue weighted by Gasteiger charge is -2.39. The van der Waals surface area contributed by atoms with Gasteiger partial charge < -0.3 is 10.2 Å². The molecule has 2 N–H and O–H groups in total. The molecule has 3 fully saturated rings. The van der Waals surface area contributed by atoms with Gasteiger partial charge in [0.2, 0.25) is 5.91 Å². The Balaban J connectivity index is 1.46. The molecule has 1 aromatic rings. The smallest absolute Gasteiger partial charge is 0.322 e. The van der Waals surface area contributed by atoms with Gasteiger partial charge in [-0.05, 0) is 57.9 Å². The van der Waals surface area contributed by atoms with Gasteiger partial charge in [0, 0.05) is 13.1 Å². The second kappa shape index (κ2) is 6.08. The molecule has 1 saturated carbocycles. The Morgan fingerprint density at radius 3 is 2.15 bits per heavy atom. The first-order chi connectivity index (χ1) is 12.7. The summed E-state index contributed by atoms with van der Waals surface area (Å²) < 4.78 is 0. The Morgan fingerprint density at radius 1 is 1.07 bits per heavy atom. The molecule has 6 nitrogen and oxygen atoms in total. The Bertz CT molecular complexity index is 802. The van der Waals surface area contributed by atoms with Crippen molar-refractivity contribution in [2.24, 2.45) is 5.92 Å². The number of nitrogens with one attached hydrogen (secondary N) is 2. The lowest BCUT2D eigenvalue weighted by atomic mass is 9.78. The van der Waals surface area contributed by atoms with E-state index in [2.05, 4.69) is 42.7 Å². The SMILES string of the molecule is Cc1cc(C)cc(C2(C(=O)N3CCC(C4(C)NC(=O)NC4=O)CC3)CC2)c1. The first kappa shape index (κ1) is 18.0. The van der Waals surface area contributed by atoms with Crippen LogP contribution in [0.5, 0.6) is 0 Å². The number of amides is 4. The van der Waals surface area contributed by atoms with Gasteiger partial charge in [-0.25, -0.2) is 4.79 Å². The van der Waals surface area contributed by atoms with Gasteiger partial charge in [0.15, 0.2) is 0 Å². The van der Waals surface area contributed by atoms with E-state index in [-0.39, 0.29) is 23.1 Å². The van der Waals surface area contributed by atoms with E-state index < -0.39 is 11.6 Å². The Labute approximate surface area is 159 Å². The van der Waals surface area contributed by atoms with Crippen molar-refractivity contribution in [1.29, 1.82) is 0 Å². The summed E-state index contributed by atoms with van der Waals surface area (Å²) in [6, 6.07) is 6.00. The van der Waals surface area contributed by atoms with Gasteiger partial charge >= 0.3 is 6.03 Å². The molecule has 6 heteroatoms. The number of hydrogen-bond acceptors (Lipinski definition) is 3. The van der Waals surface area contributed by atoms with Gasteiger partial charge in [-0.2, -0.15) is 0 Å². The first-order valence-electron chi connectivity index (χ1n) is 9.76. The Morgan fingerprint density at radius 2 is 1.67 bits per heavy atom. The predicted molar refractivity (Wildman–Crippen MR) is 101 cm³/mol. The highest BCUT2D eigenvalue weighted by Gasteiger charge is 2.54. The maximum absolute atomic E-state index is 13.3. The van der Waals surface area contributed by atoms with Crippen molar-refractivity contribution < 1.29 is 14.4 Å². The monoisotopic (exact) mass is 369 g/mol. The summed E-state index contributed by atoms with van der Waals surface area (Å²) in [5.41, 5.74) is 2.31. The van der Waals surface area contributed by atoms with Crippen molar-refractivity contribution in [1.82, 2.24) is 15.5 Å². The van der Waals surface area contributed by atoms with Gasteiger partial charge in [0.05, 0.1) is 5.41 Å². The second-order valence-corrected chi connectivity index (χ2v) is 8.64. The molecule has 1 unspecified atom stereocenters. The van der Waals surface area contributed by atoms with E-state index in [1.54, 1.807) is 6.92 Å². The lowest BCUT2D eigenvalue weighted by Crippen LogP contribution is -2.55. The number of likely N-dealkylation sites (tertiary alicyclic amines) is 1. The van der Waals surface area contributed by atoms with E-state index in [1.807, 2.05) is 4.90 Å². The third kappa shape index (κ3) is 2.91. The minimum absolute atomic E-state index is 0.0457. The van der Waals surface area contributed by atoms with Gasteiger partial charge in [-0.3, -0.25) is 14.9 Å². The number of carbonyl (C=O) groups excluding carboxylic acids is 3. The first-order valence-corrected chi connectivity index (χ1v) is 9.76. The van der Waals surface area contributed by atoms with Crippen LogP contribution in [0.4, 0.5) is 4.79 Å². The summed E-state index contributed by atoms with van der Waals surface area (Å²) in [7, 11) is 0. The molecule has 144 valence electrons. The molecule has 0 spiro atoms. The fraction of sp³-hybridized carbons (Fsp3) is 0.571. The van der Waals surface area contributed by atoms with Gasteiger partial charge in [0.25, 0.3) is 5.91 Å². The van der Waals surface area contributed by atoms with Crippen LogP contribution in [-0.4, -0.2) is 41.4 Å². The molecular weight excluding hydrogens is 342 g/mol. The summed E-state index contributed by atoms with van der Waals surface area (Å²) >= 11 is 0. The highest BCUT2D eigenvalue weighted by Crippen LogP contribution is 2.50. The summed E-state index contributed by atoms with van der Waals surface area (Å²) in [5.74, 6) is 0.00607. The molecule has 3 aliphatic rings. The van der Waals surface area contributed by atoms with E-state index in [1.165, 1.54) is 11.1 Å². The number of nitrogens with zero attached hydrogens (tertiary/aromatic N) is 1. The summed E-state index contributed by atoms with van der Waals surface area (Å²) in [6.45, 7) is 7.20. The van der Waals surface area contributed by atoms with E-state index in [0.29, 0.717) is 13.1 Å². The standard InChI is InChI=1S/C21H27N3O3/c1-13-10-14(2)12-16(11-13)21(6-7-21)18(26)24-8-4-15(5-9-24)20(3)17(25)22-19(27)23-20/h10-12,15H,4-9H2,1-3H3,(H2,22,23,25,27). The Kier molecular flexibility index (Phi) is 4.05. The minimum Gasteiger partial charge on any atom is -0.342 e. The van der Waals surface area contributed by atoms with Gasteiger partial charge in [-0.1, -0.05) is 29.3 Å². The van der Waals surface area contributed by atoms with Crippen molar-refractivity contribution >= 4 is 17.8 Å². The maximum atomic E-state index is 13.3. The van der Waals surface area contributed by atoms with Crippen molar-refractivity contribution in [2.75, 3.05) is 13.1 Å². The molecule has 0 radical (unpaired) electrons.